The van der Waals surface area contributed by atoms with Crippen molar-refractivity contribution in [3.05, 3.63) is 77.2 Å². The number of amides is 1. The standard InChI is InChI=1S/C19H12ClFN4O2/c20-12-5-8-16(26)15(10-12)22-19(27)14-2-1-9-25-17(23-24-18(14)25)11-3-6-13(21)7-4-11/h1-10,26H,(H,22,27). The summed E-state index contributed by atoms with van der Waals surface area (Å²) in [5, 5.41) is 21.1. The summed E-state index contributed by atoms with van der Waals surface area (Å²) in [4.78, 5) is 12.7. The van der Waals surface area contributed by atoms with E-state index in [1.165, 1.54) is 30.3 Å². The molecule has 6 nitrogen and oxygen atoms in total. The lowest BCUT2D eigenvalue weighted by Crippen LogP contribution is -2.13. The molecule has 2 aromatic heterocycles. The van der Waals surface area contributed by atoms with E-state index in [1.54, 1.807) is 34.9 Å². The number of aromatic hydroxyl groups is 1. The third kappa shape index (κ3) is 3.20. The lowest BCUT2D eigenvalue weighted by Gasteiger charge is -2.08. The fourth-order valence-electron chi connectivity index (χ4n) is 2.69. The lowest BCUT2D eigenvalue weighted by atomic mass is 10.2. The molecule has 0 saturated carbocycles. The molecule has 0 fully saturated rings. The van der Waals surface area contributed by atoms with Crippen molar-refractivity contribution in [2.24, 2.45) is 0 Å². The van der Waals surface area contributed by atoms with E-state index >= 15 is 0 Å². The minimum Gasteiger partial charge on any atom is -0.506 e. The molecule has 27 heavy (non-hydrogen) atoms. The van der Waals surface area contributed by atoms with Crippen molar-refractivity contribution in [3.8, 4) is 17.1 Å². The Bertz CT molecular complexity index is 1160. The highest BCUT2D eigenvalue weighted by atomic mass is 35.5. The molecular formula is C19H12ClFN4O2. The smallest absolute Gasteiger partial charge is 0.259 e. The Labute approximate surface area is 157 Å². The lowest BCUT2D eigenvalue weighted by molar-refractivity contribution is 0.102. The van der Waals surface area contributed by atoms with Crippen molar-refractivity contribution in [3.63, 3.8) is 0 Å². The Kier molecular flexibility index (Phi) is 4.21. The number of phenolic OH excluding ortho intramolecular Hbond substituents is 1. The second-order valence-electron chi connectivity index (χ2n) is 5.76. The molecule has 0 bridgehead atoms. The van der Waals surface area contributed by atoms with Gasteiger partial charge in [0.2, 0.25) is 0 Å². The van der Waals surface area contributed by atoms with Gasteiger partial charge in [-0.1, -0.05) is 11.6 Å². The van der Waals surface area contributed by atoms with Crippen LogP contribution < -0.4 is 5.32 Å². The summed E-state index contributed by atoms with van der Waals surface area (Å²) in [5.41, 5.74) is 1.44. The third-order valence-electron chi connectivity index (χ3n) is 3.99. The zero-order valence-electron chi connectivity index (χ0n) is 13.7. The van der Waals surface area contributed by atoms with Gasteiger partial charge in [-0.25, -0.2) is 4.39 Å². The highest BCUT2D eigenvalue weighted by molar-refractivity contribution is 6.31. The van der Waals surface area contributed by atoms with Gasteiger partial charge in [0.1, 0.15) is 11.6 Å². The number of fused-ring (bicyclic) bond motifs is 1. The Morgan fingerprint density at radius 3 is 2.67 bits per heavy atom. The zero-order chi connectivity index (χ0) is 19.0. The summed E-state index contributed by atoms with van der Waals surface area (Å²) in [7, 11) is 0. The first-order chi connectivity index (χ1) is 13.0. The van der Waals surface area contributed by atoms with Gasteiger partial charge in [0.25, 0.3) is 5.91 Å². The van der Waals surface area contributed by atoms with Gasteiger partial charge in [-0.05, 0) is 54.6 Å². The maximum atomic E-state index is 13.2. The minimum atomic E-state index is -0.476. The molecule has 0 aliphatic rings. The van der Waals surface area contributed by atoms with Crippen molar-refractivity contribution >= 4 is 28.8 Å². The van der Waals surface area contributed by atoms with E-state index in [9.17, 15) is 14.3 Å². The van der Waals surface area contributed by atoms with Gasteiger partial charge in [-0.15, -0.1) is 10.2 Å². The molecule has 4 rings (SSSR count). The van der Waals surface area contributed by atoms with Crippen LogP contribution in [0.25, 0.3) is 17.0 Å². The Balaban J connectivity index is 1.73. The number of rotatable bonds is 3. The van der Waals surface area contributed by atoms with E-state index in [2.05, 4.69) is 15.5 Å². The van der Waals surface area contributed by atoms with Crippen molar-refractivity contribution < 1.29 is 14.3 Å². The molecule has 0 spiro atoms. The molecule has 0 aliphatic carbocycles. The van der Waals surface area contributed by atoms with Crippen LogP contribution in [-0.2, 0) is 0 Å². The fourth-order valence-corrected chi connectivity index (χ4v) is 2.86. The molecule has 0 aliphatic heterocycles. The molecule has 8 heteroatoms. The number of nitrogens with zero attached hydrogens (tertiary/aromatic N) is 3. The SMILES string of the molecule is O=C(Nc1cc(Cl)ccc1O)c1cccn2c(-c3ccc(F)cc3)nnc12. The number of pyridine rings is 1. The van der Waals surface area contributed by atoms with Crippen LogP contribution in [0.1, 0.15) is 10.4 Å². The number of benzene rings is 2. The van der Waals surface area contributed by atoms with Crippen molar-refractivity contribution in [1.82, 2.24) is 14.6 Å². The average Bonchev–Trinajstić information content (AvgIpc) is 3.09. The Hall–Kier alpha value is -3.45. The van der Waals surface area contributed by atoms with Crippen LogP contribution in [0.2, 0.25) is 5.02 Å². The van der Waals surface area contributed by atoms with E-state index in [0.717, 1.165) is 0 Å². The molecule has 0 atom stereocenters. The van der Waals surface area contributed by atoms with Gasteiger partial charge < -0.3 is 10.4 Å². The molecule has 0 saturated heterocycles. The van der Waals surface area contributed by atoms with Crippen molar-refractivity contribution in [1.29, 1.82) is 0 Å². The summed E-state index contributed by atoms with van der Waals surface area (Å²) in [6, 6.07) is 13.5. The van der Waals surface area contributed by atoms with Crippen LogP contribution in [0.5, 0.6) is 5.75 Å². The van der Waals surface area contributed by atoms with Gasteiger partial charge >= 0.3 is 0 Å². The van der Waals surface area contributed by atoms with Crippen LogP contribution >= 0.6 is 11.6 Å². The summed E-state index contributed by atoms with van der Waals surface area (Å²) < 4.78 is 14.8. The first kappa shape index (κ1) is 17.0. The summed E-state index contributed by atoms with van der Waals surface area (Å²) >= 11 is 5.91. The predicted octanol–water partition coefficient (Wildman–Crippen LogP) is 4.15. The van der Waals surface area contributed by atoms with E-state index in [4.69, 9.17) is 11.6 Å². The second kappa shape index (κ2) is 6.69. The number of hydrogen-bond acceptors (Lipinski definition) is 4. The number of anilines is 1. The molecule has 0 radical (unpaired) electrons. The monoisotopic (exact) mass is 382 g/mol. The number of aromatic nitrogens is 3. The number of halogens is 2. The molecule has 4 aromatic rings. The van der Waals surface area contributed by atoms with Crippen molar-refractivity contribution in [2.45, 2.75) is 0 Å². The van der Waals surface area contributed by atoms with Gasteiger partial charge in [0.15, 0.2) is 11.5 Å². The number of nitrogens with one attached hydrogen (secondary N) is 1. The number of phenols is 1. The van der Waals surface area contributed by atoms with Crippen LogP contribution in [0.4, 0.5) is 10.1 Å². The maximum absolute atomic E-state index is 13.2. The van der Waals surface area contributed by atoms with Gasteiger partial charge in [0.05, 0.1) is 11.3 Å². The Morgan fingerprint density at radius 2 is 1.89 bits per heavy atom. The number of carbonyl (C=O) groups is 1. The Morgan fingerprint density at radius 1 is 1.11 bits per heavy atom. The van der Waals surface area contributed by atoms with Crippen molar-refractivity contribution in [2.75, 3.05) is 5.32 Å². The van der Waals surface area contributed by atoms with Crippen LogP contribution in [-0.4, -0.2) is 25.6 Å². The second-order valence-corrected chi connectivity index (χ2v) is 6.20. The largest absolute Gasteiger partial charge is 0.506 e. The molecule has 2 aromatic carbocycles. The highest BCUT2D eigenvalue weighted by Crippen LogP contribution is 2.27. The quantitative estimate of drug-likeness (QED) is 0.522. The molecule has 0 unspecified atom stereocenters. The summed E-state index contributed by atoms with van der Waals surface area (Å²) in [6.45, 7) is 0. The third-order valence-corrected chi connectivity index (χ3v) is 4.22. The predicted molar refractivity (Wildman–Crippen MR) is 99.5 cm³/mol. The van der Waals surface area contributed by atoms with E-state index in [1.807, 2.05) is 0 Å². The van der Waals surface area contributed by atoms with E-state index < -0.39 is 5.91 Å². The van der Waals surface area contributed by atoms with Gasteiger partial charge in [0, 0.05) is 16.8 Å². The molecule has 2 N–H and O–H groups in total. The first-order valence-corrected chi connectivity index (χ1v) is 8.30. The summed E-state index contributed by atoms with van der Waals surface area (Å²) in [5.74, 6) is -0.455. The highest BCUT2D eigenvalue weighted by Gasteiger charge is 2.17. The topological polar surface area (TPSA) is 79.5 Å². The van der Waals surface area contributed by atoms with Gasteiger partial charge in [-0.2, -0.15) is 0 Å². The van der Waals surface area contributed by atoms with Crippen LogP contribution in [0.3, 0.4) is 0 Å². The van der Waals surface area contributed by atoms with Gasteiger partial charge in [-0.3, -0.25) is 9.20 Å². The molecule has 1 amide bonds. The normalized spacial score (nSPS) is 10.9. The molecular weight excluding hydrogens is 371 g/mol. The average molecular weight is 383 g/mol. The number of hydrogen-bond donors (Lipinski definition) is 2. The zero-order valence-corrected chi connectivity index (χ0v) is 14.5. The number of carbonyl (C=O) groups excluding carboxylic acids is 1. The summed E-state index contributed by atoms with van der Waals surface area (Å²) in [6.07, 6.45) is 1.71. The van der Waals surface area contributed by atoms with Crippen LogP contribution in [0.15, 0.2) is 60.8 Å². The first-order valence-electron chi connectivity index (χ1n) is 7.92. The molecule has 2 heterocycles. The van der Waals surface area contributed by atoms with Crippen LogP contribution in [0, 0.1) is 5.82 Å². The van der Waals surface area contributed by atoms with E-state index in [-0.39, 0.29) is 22.8 Å². The molecule has 134 valence electrons. The fraction of sp³-hybridized carbons (Fsp3) is 0. The maximum Gasteiger partial charge on any atom is 0.259 e. The van der Waals surface area contributed by atoms with E-state index in [0.29, 0.717) is 22.1 Å². The minimum absolute atomic E-state index is 0.104.